The van der Waals surface area contributed by atoms with E-state index in [2.05, 4.69) is 5.32 Å². The monoisotopic (exact) mass is 326 g/mol. The average Bonchev–Trinajstić information content (AvgIpc) is 3.30. The number of hydrogen-bond acceptors (Lipinski definition) is 3. The Morgan fingerprint density at radius 1 is 1.36 bits per heavy atom. The van der Waals surface area contributed by atoms with Gasteiger partial charge in [0, 0.05) is 26.3 Å². The quantitative estimate of drug-likeness (QED) is 0.772. The van der Waals surface area contributed by atoms with E-state index in [4.69, 9.17) is 10.5 Å². The lowest BCUT2D eigenvalue weighted by molar-refractivity contribution is -0.125. The second kappa shape index (κ2) is 8.51. The summed E-state index contributed by atoms with van der Waals surface area (Å²) in [5.41, 5.74) is 7.46. The minimum Gasteiger partial charge on any atom is -0.385 e. The van der Waals surface area contributed by atoms with Crippen LogP contribution in [0.5, 0.6) is 0 Å². The molecule has 0 heterocycles. The van der Waals surface area contributed by atoms with Gasteiger partial charge in [0.1, 0.15) is 0 Å². The van der Waals surface area contributed by atoms with E-state index >= 15 is 0 Å². The highest BCUT2D eigenvalue weighted by Gasteiger charge is 2.42. The number of nitrogens with one attached hydrogen (secondary N) is 1. The molecule has 1 aliphatic rings. The van der Waals surface area contributed by atoms with Crippen molar-refractivity contribution in [2.45, 2.75) is 32.2 Å². The first kappa shape index (κ1) is 18.9. The Kier molecular flexibility index (Phi) is 7.33. The van der Waals surface area contributed by atoms with Crippen molar-refractivity contribution in [3.05, 3.63) is 35.9 Å². The van der Waals surface area contributed by atoms with Crippen molar-refractivity contribution in [1.29, 1.82) is 0 Å². The number of rotatable bonds is 8. The largest absolute Gasteiger partial charge is 0.385 e. The van der Waals surface area contributed by atoms with Crippen molar-refractivity contribution < 1.29 is 9.53 Å². The number of methoxy groups -OCH3 is 1. The van der Waals surface area contributed by atoms with Gasteiger partial charge in [-0.3, -0.25) is 4.79 Å². The predicted molar refractivity (Wildman–Crippen MR) is 91.0 cm³/mol. The molecule has 1 aromatic carbocycles. The Hall–Kier alpha value is -1.10. The van der Waals surface area contributed by atoms with Crippen molar-refractivity contribution >= 4 is 18.3 Å². The highest BCUT2D eigenvalue weighted by Crippen LogP contribution is 2.48. The molecule has 0 aromatic heterocycles. The molecule has 0 bridgehead atoms. The van der Waals surface area contributed by atoms with Gasteiger partial charge in [0.2, 0.25) is 5.91 Å². The topological polar surface area (TPSA) is 64.3 Å². The molecule has 1 amide bonds. The highest BCUT2D eigenvalue weighted by molar-refractivity contribution is 5.85. The lowest BCUT2D eigenvalue weighted by Crippen LogP contribution is -2.38. The Balaban J connectivity index is 0.00000242. The molecule has 1 aromatic rings. The first-order chi connectivity index (χ1) is 10.1. The van der Waals surface area contributed by atoms with Crippen LogP contribution in [0.15, 0.2) is 30.3 Å². The molecule has 0 radical (unpaired) electrons. The minimum absolute atomic E-state index is 0. The summed E-state index contributed by atoms with van der Waals surface area (Å²) >= 11 is 0. The van der Waals surface area contributed by atoms with Crippen LogP contribution in [0.4, 0.5) is 0 Å². The number of ether oxygens (including phenoxy) is 1. The number of carbonyl (C=O) groups is 1. The molecule has 2 atom stereocenters. The second-order valence-electron chi connectivity index (χ2n) is 6.19. The van der Waals surface area contributed by atoms with Gasteiger partial charge >= 0.3 is 0 Å². The Morgan fingerprint density at radius 3 is 2.55 bits per heavy atom. The number of amides is 1. The van der Waals surface area contributed by atoms with E-state index in [1.54, 1.807) is 7.11 Å². The van der Waals surface area contributed by atoms with Crippen molar-refractivity contribution in [3.63, 3.8) is 0 Å². The van der Waals surface area contributed by atoms with E-state index in [0.717, 1.165) is 25.1 Å². The normalized spacial score (nSPS) is 18.0. The van der Waals surface area contributed by atoms with Gasteiger partial charge in [-0.25, -0.2) is 0 Å². The maximum absolute atomic E-state index is 12.3. The van der Waals surface area contributed by atoms with Crippen molar-refractivity contribution in [3.8, 4) is 0 Å². The summed E-state index contributed by atoms with van der Waals surface area (Å²) in [4.78, 5) is 12.3. The zero-order valence-corrected chi connectivity index (χ0v) is 14.2. The van der Waals surface area contributed by atoms with Gasteiger partial charge in [-0.15, -0.1) is 12.4 Å². The van der Waals surface area contributed by atoms with Crippen molar-refractivity contribution in [2.75, 3.05) is 20.3 Å². The third-order valence-corrected chi connectivity index (χ3v) is 4.57. The molecule has 0 spiro atoms. The third kappa shape index (κ3) is 4.97. The van der Waals surface area contributed by atoms with Crippen LogP contribution in [-0.4, -0.2) is 26.2 Å². The SMILES string of the molecule is COCCC1(CNC(=O)C(C)C(N)c2ccccc2)CC1.Cl. The molecular formula is C17H27ClN2O2. The van der Waals surface area contributed by atoms with E-state index in [9.17, 15) is 4.79 Å². The van der Waals surface area contributed by atoms with E-state index in [1.165, 1.54) is 12.8 Å². The van der Waals surface area contributed by atoms with E-state index in [-0.39, 0.29) is 35.7 Å². The molecule has 1 fully saturated rings. The highest BCUT2D eigenvalue weighted by atomic mass is 35.5. The van der Waals surface area contributed by atoms with Crippen LogP contribution in [-0.2, 0) is 9.53 Å². The van der Waals surface area contributed by atoms with Gasteiger partial charge in [-0.05, 0) is 30.2 Å². The second-order valence-corrected chi connectivity index (χ2v) is 6.19. The predicted octanol–water partition coefficient (Wildman–Crippen LogP) is 2.68. The van der Waals surface area contributed by atoms with Crippen LogP contribution in [0.3, 0.4) is 0 Å². The fourth-order valence-corrected chi connectivity index (χ4v) is 2.57. The third-order valence-electron chi connectivity index (χ3n) is 4.57. The zero-order chi connectivity index (χ0) is 15.3. The molecule has 4 nitrogen and oxygen atoms in total. The number of hydrogen-bond donors (Lipinski definition) is 2. The lowest BCUT2D eigenvalue weighted by atomic mass is 9.94. The van der Waals surface area contributed by atoms with Gasteiger partial charge in [0.05, 0.1) is 5.92 Å². The summed E-state index contributed by atoms with van der Waals surface area (Å²) in [6.07, 6.45) is 3.37. The molecule has 22 heavy (non-hydrogen) atoms. The maximum atomic E-state index is 12.3. The van der Waals surface area contributed by atoms with E-state index in [0.29, 0.717) is 0 Å². The van der Waals surface area contributed by atoms with Gasteiger partial charge < -0.3 is 15.8 Å². The zero-order valence-electron chi connectivity index (χ0n) is 13.4. The fourth-order valence-electron chi connectivity index (χ4n) is 2.57. The Morgan fingerprint density at radius 2 is 2.00 bits per heavy atom. The Labute approximate surface area is 139 Å². The summed E-state index contributed by atoms with van der Waals surface area (Å²) in [6.45, 7) is 3.39. The molecular weight excluding hydrogens is 300 g/mol. The molecule has 1 saturated carbocycles. The van der Waals surface area contributed by atoms with Crippen molar-refractivity contribution in [1.82, 2.24) is 5.32 Å². The van der Waals surface area contributed by atoms with Crippen LogP contribution in [0, 0.1) is 11.3 Å². The van der Waals surface area contributed by atoms with Gasteiger partial charge in [0.15, 0.2) is 0 Å². The average molecular weight is 327 g/mol. The smallest absolute Gasteiger partial charge is 0.224 e. The molecule has 5 heteroatoms. The summed E-state index contributed by atoms with van der Waals surface area (Å²) in [5.74, 6) is -0.194. The van der Waals surface area contributed by atoms with Crippen LogP contribution in [0.2, 0.25) is 0 Å². The van der Waals surface area contributed by atoms with Gasteiger partial charge in [-0.1, -0.05) is 37.3 Å². The number of nitrogens with two attached hydrogens (primary N) is 1. The lowest BCUT2D eigenvalue weighted by Gasteiger charge is -2.22. The maximum Gasteiger partial charge on any atom is 0.224 e. The summed E-state index contributed by atoms with van der Waals surface area (Å²) in [5, 5.41) is 3.07. The van der Waals surface area contributed by atoms with E-state index in [1.807, 2.05) is 37.3 Å². The minimum atomic E-state index is -0.264. The molecule has 3 N–H and O–H groups in total. The fraction of sp³-hybridized carbons (Fsp3) is 0.588. The summed E-state index contributed by atoms with van der Waals surface area (Å²) in [6, 6.07) is 9.52. The summed E-state index contributed by atoms with van der Waals surface area (Å²) < 4.78 is 5.14. The molecule has 0 saturated heterocycles. The van der Waals surface area contributed by atoms with Crippen LogP contribution >= 0.6 is 12.4 Å². The summed E-state index contributed by atoms with van der Waals surface area (Å²) in [7, 11) is 1.72. The molecule has 0 aliphatic heterocycles. The van der Waals surface area contributed by atoms with Crippen molar-refractivity contribution in [2.24, 2.45) is 17.1 Å². The standard InChI is InChI=1S/C17H26N2O2.ClH/c1-13(15(18)14-6-4-3-5-7-14)16(20)19-12-17(8-9-17)10-11-21-2;/h3-7,13,15H,8-12,18H2,1-2H3,(H,19,20);1H. The number of benzene rings is 1. The number of halogens is 1. The van der Waals surface area contributed by atoms with Crippen LogP contribution in [0.25, 0.3) is 0 Å². The first-order valence-electron chi connectivity index (χ1n) is 7.65. The molecule has 1 aliphatic carbocycles. The van der Waals surface area contributed by atoms with Crippen LogP contribution in [0.1, 0.15) is 37.8 Å². The van der Waals surface area contributed by atoms with Gasteiger partial charge in [-0.2, -0.15) is 0 Å². The van der Waals surface area contributed by atoms with Gasteiger partial charge in [0.25, 0.3) is 0 Å². The molecule has 2 rings (SSSR count). The van der Waals surface area contributed by atoms with E-state index < -0.39 is 0 Å². The number of carbonyl (C=O) groups excluding carboxylic acids is 1. The molecule has 2 unspecified atom stereocenters. The van der Waals surface area contributed by atoms with Crippen LogP contribution < -0.4 is 11.1 Å². The molecule has 124 valence electrons. The Bertz CT molecular complexity index is 463. The first-order valence-corrected chi connectivity index (χ1v) is 7.65.